The maximum Gasteiger partial charge on any atom is 0.108 e. The minimum Gasteiger partial charge on any atom is -0.211 e. The van der Waals surface area contributed by atoms with Crippen molar-refractivity contribution >= 4 is 11.9 Å². The van der Waals surface area contributed by atoms with E-state index in [1.54, 1.807) is 0 Å². The molecule has 0 atom stereocenters. The molecule has 0 bridgehead atoms. The maximum absolute atomic E-state index is 13.1. The zero-order valence-corrected chi connectivity index (χ0v) is 6.18. The Bertz CT molecular complexity index is 376. The van der Waals surface area contributed by atoms with Crippen LogP contribution < -0.4 is 10.4 Å². The monoisotopic (exact) mass is 148 g/mol. The largest absolute Gasteiger partial charge is 0.211 e. The summed E-state index contributed by atoms with van der Waals surface area (Å²) >= 11 is 0. The van der Waals surface area contributed by atoms with Crippen LogP contribution in [0.2, 0.25) is 0 Å². The van der Waals surface area contributed by atoms with Crippen molar-refractivity contribution in [1.82, 2.24) is 0 Å². The van der Waals surface area contributed by atoms with Gasteiger partial charge in [0.1, 0.15) is 5.83 Å². The van der Waals surface area contributed by atoms with Crippen molar-refractivity contribution in [3.63, 3.8) is 0 Å². The number of hydrogen-bond donors (Lipinski definition) is 0. The van der Waals surface area contributed by atoms with Crippen molar-refractivity contribution in [2.24, 2.45) is 0 Å². The first-order chi connectivity index (χ1) is 5.38. The van der Waals surface area contributed by atoms with E-state index in [1.807, 2.05) is 24.3 Å². The fraction of sp³-hybridized carbons (Fsp3) is 0.200. The second-order valence-corrected chi connectivity index (χ2v) is 2.73. The molecule has 11 heavy (non-hydrogen) atoms. The minimum absolute atomic E-state index is 0.0306. The van der Waals surface area contributed by atoms with Crippen molar-refractivity contribution in [2.45, 2.75) is 12.8 Å². The van der Waals surface area contributed by atoms with E-state index in [9.17, 15) is 4.39 Å². The van der Waals surface area contributed by atoms with Crippen LogP contribution in [0.3, 0.4) is 0 Å². The Morgan fingerprint density at radius 1 is 1.18 bits per heavy atom. The number of fused-ring (bicyclic) bond motifs is 1. The molecule has 0 fully saturated rings. The molecule has 56 valence electrons. The molecule has 2 rings (SSSR count). The summed E-state index contributed by atoms with van der Waals surface area (Å²) in [7, 11) is 0. The second kappa shape index (κ2) is 2.50. The van der Waals surface area contributed by atoms with Gasteiger partial charge in [0.15, 0.2) is 0 Å². The van der Waals surface area contributed by atoms with Gasteiger partial charge in [0.2, 0.25) is 0 Å². The summed E-state index contributed by atoms with van der Waals surface area (Å²) in [5, 5.41) is 1.81. The van der Waals surface area contributed by atoms with E-state index in [2.05, 4.69) is 6.08 Å². The fourth-order valence-electron chi connectivity index (χ4n) is 1.41. The van der Waals surface area contributed by atoms with E-state index >= 15 is 0 Å². The molecular formula is C10H9F. The normalized spacial score (nSPS) is 15.5. The third kappa shape index (κ3) is 1.07. The van der Waals surface area contributed by atoms with E-state index in [4.69, 9.17) is 0 Å². The van der Waals surface area contributed by atoms with Crippen LogP contribution in [0.25, 0.3) is 11.9 Å². The molecule has 1 aliphatic carbocycles. The summed E-state index contributed by atoms with van der Waals surface area (Å²) in [4.78, 5) is 0. The van der Waals surface area contributed by atoms with Gasteiger partial charge in [-0.05, 0) is 11.6 Å². The number of hydrogen-bond acceptors (Lipinski definition) is 0. The van der Waals surface area contributed by atoms with E-state index in [0.29, 0.717) is 6.42 Å². The molecule has 0 saturated heterocycles. The Morgan fingerprint density at radius 2 is 2.00 bits per heavy atom. The van der Waals surface area contributed by atoms with Gasteiger partial charge in [0.25, 0.3) is 0 Å². The zero-order chi connectivity index (χ0) is 7.68. The van der Waals surface area contributed by atoms with Crippen LogP contribution >= 0.6 is 0 Å². The SMILES string of the molecule is FC1=c2ccccc2=CCC1. The first-order valence-electron chi connectivity index (χ1n) is 3.82. The number of benzene rings is 1. The highest BCUT2D eigenvalue weighted by molar-refractivity contribution is 5.44. The van der Waals surface area contributed by atoms with E-state index < -0.39 is 0 Å². The summed E-state index contributed by atoms with van der Waals surface area (Å²) < 4.78 is 13.1. The molecule has 0 spiro atoms. The van der Waals surface area contributed by atoms with Gasteiger partial charge in [-0.2, -0.15) is 0 Å². The molecule has 0 amide bonds. The molecule has 1 heteroatoms. The highest BCUT2D eigenvalue weighted by Crippen LogP contribution is 2.07. The predicted molar refractivity (Wildman–Crippen MR) is 43.9 cm³/mol. The van der Waals surface area contributed by atoms with Crippen molar-refractivity contribution in [3.05, 3.63) is 34.7 Å². The minimum atomic E-state index is 0.0306. The van der Waals surface area contributed by atoms with Gasteiger partial charge in [-0.15, -0.1) is 0 Å². The predicted octanol–water partition coefficient (Wildman–Crippen LogP) is 1.34. The van der Waals surface area contributed by atoms with Crippen molar-refractivity contribution in [1.29, 1.82) is 0 Å². The van der Waals surface area contributed by atoms with E-state index in [-0.39, 0.29) is 5.83 Å². The van der Waals surface area contributed by atoms with Gasteiger partial charge in [-0.3, -0.25) is 0 Å². The zero-order valence-electron chi connectivity index (χ0n) is 6.18. The van der Waals surface area contributed by atoms with Crippen LogP contribution in [0.15, 0.2) is 24.3 Å². The molecule has 1 aromatic carbocycles. The Balaban J connectivity index is 2.89. The Kier molecular flexibility index (Phi) is 1.50. The molecule has 0 unspecified atom stereocenters. The smallest absolute Gasteiger partial charge is 0.108 e. The standard InChI is InChI=1S/C10H9F/c11-10-7-3-5-8-4-1-2-6-9(8)10/h1-2,4-6H,3,7H2. The molecule has 0 radical (unpaired) electrons. The van der Waals surface area contributed by atoms with E-state index in [1.165, 1.54) is 0 Å². The van der Waals surface area contributed by atoms with Crippen molar-refractivity contribution < 1.29 is 4.39 Å². The van der Waals surface area contributed by atoms with Gasteiger partial charge in [0.05, 0.1) is 0 Å². The molecule has 0 N–H and O–H groups in total. The van der Waals surface area contributed by atoms with Gasteiger partial charge < -0.3 is 0 Å². The second-order valence-electron chi connectivity index (χ2n) is 2.73. The lowest BCUT2D eigenvalue weighted by Gasteiger charge is -2.01. The maximum atomic E-state index is 13.1. The molecule has 1 aromatic rings. The highest BCUT2D eigenvalue weighted by Gasteiger charge is 2.00. The first kappa shape index (κ1) is 6.59. The van der Waals surface area contributed by atoms with Crippen molar-refractivity contribution in [2.75, 3.05) is 0 Å². The molecule has 0 nitrogen and oxygen atoms in total. The average Bonchev–Trinajstić information content (AvgIpc) is 2.06. The van der Waals surface area contributed by atoms with Gasteiger partial charge in [-0.25, -0.2) is 4.39 Å². The summed E-state index contributed by atoms with van der Waals surface area (Å²) in [6.45, 7) is 0. The highest BCUT2D eigenvalue weighted by atomic mass is 19.1. The van der Waals surface area contributed by atoms with E-state index in [0.717, 1.165) is 16.9 Å². The van der Waals surface area contributed by atoms with Gasteiger partial charge >= 0.3 is 0 Å². The summed E-state index contributed by atoms with van der Waals surface area (Å²) in [5.74, 6) is 0.0306. The van der Waals surface area contributed by atoms with Crippen LogP contribution in [-0.4, -0.2) is 0 Å². The molecule has 0 heterocycles. The van der Waals surface area contributed by atoms with Gasteiger partial charge in [0, 0.05) is 11.6 Å². The Morgan fingerprint density at radius 3 is 2.82 bits per heavy atom. The number of rotatable bonds is 0. The summed E-state index contributed by atoms with van der Waals surface area (Å²) in [5.41, 5.74) is 0. The topological polar surface area (TPSA) is 0 Å². The van der Waals surface area contributed by atoms with Crippen LogP contribution in [0.1, 0.15) is 12.8 Å². The Hall–Kier alpha value is -1.11. The van der Waals surface area contributed by atoms with Crippen LogP contribution in [0.4, 0.5) is 4.39 Å². The third-order valence-corrected chi connectivity index (χ3v) is 1.98. The average molecular weight is 148 g/mol. The summed E-state index contributed by atoms with van der Waals surface area (Å²) in [6.07, 6.45) is 3.48. The molecule has 0 saturated carbocycles. The lowest BCUT2D eigenvalue weighted by Crippen LogP contribution is -2.27. The lowest BCUT2D eigenvalue weighted by molar-refractivity contribution is 0.696. The Labute approximate surface area is 64.7 Å². The van der Waals surface area contributed by atoms with Gasteiger partial charge in [-0.1, -0.05) is 30.3 Å². The fourth-order valence-corrected chi connectivity index (χ4v) is 1.41. The molecule has 0 aromatic heterocycles. The molecule has 0 aliphatic heterocycles. The first-order valence-corrected chi connectivity index (χ1v) is 3.82. The van der Waals surface area contributed by atoms with Crippen LogP contribution in [0, 0.1) is 0 Å². The lowest BCUT2D eigenvalue weighted by atomic mass is 10.1. The van der Waals surface area contributed by atoms with Crippen LogP contribution in [-0.2, 0) is 0 Å². The van der Waals surface area contributed by atoms with Crippen LogP contribution in [0.5, 0.6) is 0 Å². The molecular weight excluding hydrogens is 139 g/mol. The third-order valence-electron chi connectivity index (χ3n) is 1.98. The quantitative estimate of drug-likeness (QED) is 0.521. The summed E-state index contributed by atoms with van der Waals surface area (Å²) in [6, 6.07) is 7.60. The molecule has 1 aliphatic rings. The number of halogens is 1. The van der Waals surface area contributed by atoms with Crippen molar-refractivity contribution in [3.8, 4) is 0 Å².